The van der Waals surface area contributed by atoms with Gasteiger partial charge in [0.15, 0.2) is 10.8 Å². The summed E-state index contributed by atoms with van der Waals surface area (Å²) >= 11 is 1.25. The Labute approximate surface area is 106 Å². The first kappa shape index (κ1) is 12.4. The maximum atomic E-state index is 11.5. The van der Waals surface area contributed by atoms with E-state index < -0.39 is 4.92 Å². The lowest BCUT2D eigenvalue weighted by Gasteiger charge is -1.95. The van der Waals surface area contributed by atoms with Gasteiger partial charge in [-0.25, -0.2) is 14.5 Å². The first-order chi connectivity index (χ1) is 8.54. The SMILES string of the molecule is CCC(=O)c1csc(-c2ncc([N+](=O)[O-])n2C)n1. The van der Waals surface area contributed by atoms with Crippen LogP contribution in [0.3, 0.4) is 0 Å². The van der Waals surface area contributed by atoms with E-state index >= 15 is 0 Å². The number of nitro groups is 1. The highest BCUT2D eigenvalue weighted by atomic mass is 32.1. The quantitative estimate of drug-likeness (QED) is 0.479. The number of Topliss-reactive ketones (excluding diaryl/α,β-unsaturated/α-hetero) is 1. The fourth-order valence-electron chi connectivity index (χ4n) is 1.45. The van der Waals surface area contributed by atoms with Crippen LogP contribution in [-0.2, 0) is 7.05 Å². The Balaban J connectivity index is 2.40. The molecule has 0 fully saturated rings. The summed E-state index contributed by atoms with van der Waals surface area (Å²) in [6.45, 7) is 1.76. The molecule has 0 saturated carbocycles. The van der Waals surface area contributed by atoms with Gasteiger partial charge in [0.1, 0.15) is 11.9 Å². The van der Waals surface area contributed by atoms with Gasteiger partial charge in [-0.15, -0.1) is 11.3 Å². The molecule has 8 heteroatoms. The molecule has 2 heterocycles. The van der Waals surface area contributed by atoms with E-state index in [1.165, 1.54) is 22.1 Å². The molecule has 0 bridgehead atoms. The van der Waals surface area contributed by atoms with Gasteiger partial charge < -0.3 is 10.1 Å². The second-order valence-corrected chi connectivity index (χ2v) is 4.43. The van der Waals surface area contributed by atoms with E-state index in [1.54, 1.807) is 19.4 Å². The second kappa shape index (κ2) is 4.65. The van der Waals surface area contributed by atoms with Gasteiger partial charge in [0.25, 0.3) is 5.82 Å². The fraction of sp³-hybridized carbons (Fsp3) is 0.300. The molecular weight excluding hydrogens is 256 g/mol. The topological polar surface area (TPSA) is 90.9 Å². The van der Waals surface area contributed by atoms with Crippen LogP contribution < -0.4 is 0 Å². The van der Waals surface area contributed by atoms with E-state index in [0.29, 0.717) is 22.9 Å². The number of hydrogen-bond acceptors (Lipinski definition) is 6. The Morgan fingerprint density at radius 3 is 2.89 bits per heavy atom. The number of hydrogen-bond donors (Lipinski definition) is 0. The zero-order valence-electron chi connectivity index (χ0n) is 9.78. The third kappa shape index (κ3) is 2.02. The van der Waals surface area contributed by atoms with Crippen molar-refractivity contribution in [2.24, 2.45) is 7.05 Å². The minimum atomic E-state index is -0.512. The lowest BCUT2D eigenvalue weighted by molar-refractivity contribution is -0.391. The molecule has 0 aromatic carbocycles. The van der Waals surface area contributed by atoms with Gasteiger partial charge in [0.2, 0.25) is 0 Å². The van der Waals surface area contributed by atoms with Crippen LogP contribution in [0.5, 0.6) is 0 Å². The van der Waals surface area contributed by atoms with Crippen molar-refractivity contribution in [3.63, 3.8) is 0 Å². The van der Waals surface area contributed by atoms with Gasteiger partial charge in [-0.2, -0.15) is 0 Å². The summed E-state index contributed by atoms with van der Waals surface area (Å²) in [6.07, 6.45) is 1.56. The predicted octanol–water partition coefficient (Wildman–Crippen LogP) is 2.04. The number of carbonyl (C=O) groups is 1. The summed E-state index contributed by atoms with van der Waals surface area (Å²) in [5.41, 5.74) is 0.378. The van der Waals surface area contributed by atoms with Crippen LogP contribution >= 0.6 is 11.3 Å². The molecule has 0 saturated heterocycles. The Morgan fingerprint density at radius 2 is 2.33 bits per heavy atom. The molecule has 2 aromatic heterocycles. The summed E-state index contributed by atoms with van der Waals surface area (Å²) in [7, 11) is 1.54. The number of ketones is 1. The summed E-state index contributed by atoms with van der Waals surface area (Å²) in [5.74, 6) is 0.228. The molecule has 0 aliphatic carbocycles. The van der Waals surface area contributed by atoms with Crippen molar-refractivity contribution in [2.75, 3.05) is 0 Å². The lowest BCUT2D eigenvalue weighted by Crippen LogP contribution is -2.00. The average molecular weight is 266 g/mol. The fourth-order valence-corrected chi connectivity index (χ4v) is 2.31. The minimum Gasteiger partial charge on any atom is -0.358 e. The lowest BCUT2D eigenvalue weighted by atomic mass is 10.2. The maximum absolute atomic E-state index is 11.5. The molecule has 0 aliphatic heterocycles. The van der Waals surface area contributed by atoms with Crippen molar-refractivity contribution in [3.05, 3.63) is 27.4 Å². The molecule has 18 heavy (non-hydrogen) atoms. The van der Waals surface area contributed by atoms with Gasteiger partial charge in [0, 0.05) is 11.8 Å². The molecular formula is C10H10N4O3S. The summed E-state index contributed by atoms with van der Waals surface area (Å²) < 4.78 is 1.35. The summed E-state index contributed by atoms with van der Waals surface area (Å²) in [4.78, 5) is 29.8. The second-order valence-electron chi connectivity index (χ2n) is 3.57. The van der Waals surface area contributed by atoms with Gasteiger partial charge in [-0.05, 0) is 4.92 Å². The van der Waals surface area contributed by atoms with Crippen molar-refractivity contribution in [1.29, 1.82) is 0 Å². The Kier molecular flexibility index (Phi) is 3.19. The molecule has 94 valence electrons. The Hall–Kier alpha value is -2.09. The number of carbonyl (C=O) groups excluding carboxylic acids is 1. The monoisotopic (exact) mass is 266 g/mol. The molecule has 0 unspecified atom stereocenters. The number of imidazole rings is 1. The number of rotatable bonds is 4. The average Bonchev–Trinajstić information content (AvgIpc) is 2.94. The standard InChI is InChI=1S/C10H10N4O3S/c1-3-7(15)6-5-18-10(12-6)9-11-4-8(13(9)2)14(16)17/h4-5H,3H2,1-2H3. The zero-order chi connectivity index (χ0) is 13.3. The first-order valence-electron chi connectivity index (χ1n) is 5.19. The smallest absolute Gasteiger partial charge is 0.342 e. The molecule has 2 rings (SSSR count). The van der Waals surface area contributed by atoms with Crippen LogP contribution in [0.4, 0.5) is 5.82 Å². The molecule has 0 radical (unpaired) electrons. The van der Waals surface area contributed by atoms with Gasteiger partial charge in [-0.3, -0.25) is 4.79 Å². The number of thiazole rings is 1. The van der Waals surface area contributed by atoms with E-state index in [1.807, 2.05) is 0 Å². The van der Waals surface area contributed by atoms with Crippen LogP contribution in [0.1, 0.15) is 23.8 Å². The van der Waals surface area contributed by atoms with Crippen LogP contribution in [0, 0.1) is 10.1 Å². The van der Waals surface area contributed by atoms with E-state index in [4.69, 9.17) is 0 Å². The van der Waals surface area contributed by atoms with E-state index in [9.17, 15) is 14.9 Å². The van der Waals surface area contributed by atoms with Crippen molar-refractivity contribution in [1.82, 2.24) is 14.5 Å². The number of nitrogens with zero attached hydrogens (tertiary/aromatic N) is 4. The van der Waals surface area contributed by atoms with Gasteiger partial charge in [0.05, 0.1) is 7.05 Å². The molecule has 2 aromatic rings. The van der Waals surface area contributed by atoms with Gasteiger partial charge in [-0.1, -0.05) is 6.92 Å². The summed E-state index contributed by atoms with van der Waals surface area (Å²) in [6, 6.07) is 0. The minimum absolute atomic E-state index is 0.0544. The van der Waals surface area contributed by atoms with Gasteiger partial charge >= 0.3 is 5.82 Å². The highest BCUT2D eigenvalue weighted by Gasteiger charge is 2.21. The van der Waals surface area contributed by atoms with Crippen LogP contribution in [0.2, 0.25) is 0 Å². The van der Waals surface area contributed by atoms with Crippen molar-refractivity contribution in [3.8, 4) is 10.8 Å². The van der Waals surface area contributed by atoms with Crippen molar-refractivity contribution in [2.45, 2.75) is 13.3 Å². The highest BCUT2D eigenvalue weighted by Crippen LogP contribution is 2.25. The van der Waals surface area contributed by atoms with E-state index in [2.05, 4.69) is 9.97 Å². The number of aromatic nitrogens is 3. The van der Waals surface area contributed by atoms with Crippen molar-refractivity contribution < 1.29 is 9.72 Å². The molecule has 0 amide bonds. The third-order valence-corrected chi connectivity index (χ3v) is 3.29. The maximum Gasteiger partial charge on any atom is 0.342 e. The molecule has 0 atom stereocenters. The van der Waals surface area contributed by atoms with Crippen LogP contribution in [0.15, 0.2) is 11.6 Å². The molecule has 7 nitrogen and oxygen atoms in total. The van der Waals surface area contributed by atoms with E-state index in [0.717, 1.165) is 0 Å². The van der Waals surface area contributed by atoms with Crippen LogP contribution in [-0.4, -0.2) is 25.2 Å². The van der Waals surface area contributed by atoms with Crippen molar-refractivity contribution >= 4 is 22.9 Å². The van der Waals surface area contributed by atoms with E-state index in [-0.39, 0.29) is 11.6 Å². The first-order valence-corrected chi connectivity index (χ1v) is 6.07. The summed E-state index contributed by atoms with van der Waals surface area (Å²) in [5, 5.41) is 12.8. The normalized spacial score (nSPS) is 10.6. The molecule has 0 aliphatic rings. The Morgan fingerprint density at radius 1 is 1.61 bits per heavy atom. The zero-order valence-corrected chi connectivity index (χ0v) is 10.6. The van der Waals surface area contributed by atoms with Crippen LogP contribution in [0.25, 0.3) is 10.8 Å². The predicted molar refractivity (Wildman–Crippen MR) is 65.6 cm³/mol. The third-order valence-electron chi connectivity index (χ3n) is 2.45. The molecule has 0 spiro atoms. The Bertz CT molecular complexity index is 616. The highest BCUT2D eigenvalue weighted by molar-refractivity contribution is 7.13. The largest absolute Gasteiger partial charge is 0.358 e. The molecule has 0 N–H and O–H groups in total.